The summed E-state index contributed by atoms with van der Waals surface area (Å²) in [5, 5.41) is 3.14. The van der Waals surface area contributed by atoms with Crippen LogP contribution >= 0.6 is 11.8 Å². The largest absolute Gasteiger partial charge is 0.354 e. The van der Waals surface area contributed by atoms with Crippen molar-refractivity contribution in [2.45, 2.75) is 25.1 Å². The van der Waals surface area contributed by atoms with Crippen molar-refractivity contribution in [3.63, 3.8) is 0 Å². The van der Waals surface area contributed by atoms with E-state index in [9.17, 15) is 0 Å². The lowest BCUT2D eigenvalue weighted by Gasteiger charge is -2.38. The molecule has 0 unspecified atom stereocenters. The Morgan fingerprint density at radius 2 is 2.29 bits per heavy atom. The number of pyridine rings is 1. The average molecular weight is 251 g/mol. The van der Waals surface area contributed by atoms with Crippen LogP contribution in [-0.2, 0) is 6.54 Å². The van der Waals surface area contributed by atoms with Gasteiger partial charge in [-0.3, -0.25) is 0 Å². The number of rotatable bonds is 3. The Kier molecular flexibility index (Phi) is 3.94. The third-order valence-corrected chi connectivity index (χ3v) is 4.24. The van der Waals surface area contributed by atoms with Crippen LogP contribution in [0.25, 0.3) is 0 Å². The molecule has 17 heavy (non-hydrogen) atoms. The van der Waals surface area contributed by atoms with Crippen molar-refractivity contribution in [2.24, 2.45) is 0 Å². The van der Waals surface area contributed by atoms with Gasteiger partial charge in [0.15, 0.2) is 0 Å². The van der Waals surface area contributed by atoms with E-state index < -0.39 is 0 Å². The van der Waals surface area contributed by atoms with Crippen molar-refractivity contribution < 1.29 is 0 Å². The van der Waals surface area contributed by atoms with Crippen LogP contribution in [0.15, 0.2) is 18.3 Å². The Morgan fingerprint density at radius 1 is 1.47 bits per heavy atom. The van der Waals surface area contributed by atoms with Gasteiger partial charge in [-0.25, -0.2) is 4.98 Å². The van der Waals surface area contributed by atoms with E-state index in [1.54, 1.807) is 0 Å². The maximum atomic E-state index is 4.56. The fourth-order valence-corrected chi connectivity index (χ4v) is 3.24. The molecule has 94 valence electrons. The van der Waals surface area contributed by atoms with E-state index in [1.807, 2.05) is 13.2 Å². The predicted octanol–water partition coefficient (Wildman–Crippen LogP) is 2.13. The van der Waals surface area contributed by atoms with Crippen LogP contribution in [0.2, 0.25) is 0 Å². The molecule has 4 heteroatoms. The third kappa shape index (κ3) is 3.36. The standard InChI is InChI=1S/C13H21N3S/c1-13(2)10-16(6-7-17-13)12-5-4-11(8-14-3)9-15-12/h4-5,9,14H,6-8,10H2,1-3H3. The molecular weight excluding hydrogens is 230 g/mol. The molecule has 2 rings (SSSR count). The minimum absolute atomic E-state index is 0.337. The van der Waals surface area contributed by atoms with Crippen molar-refractivity contribution in [2.75, 3.05) is 30.8 Å². The summed E-state index contributed by atoms with van der Waals surface area (Å²) < 4.78 is 0.337. The number of hydrogen-bond donors (Lipinski definition) is 1. The first-order valence-corrected chi connectivity index (χ1v) is 7.08. The second-order valence-electron chi connectivity index (χ2n) is 5.08. The molecule has 1 fully saturated rings. The van der Waals surface area contributed by atoms with Crippen molar-refractivity contribution >= 4 is 17.6 Å². The highest BCUT2D eigenvalue weighted by atomic mass is 32.2. The predicted molar refractivity (Wildman–Crippen MR) is 75.8 cm³/mol. The maximum absolute atomic E-state index is 4.56. The normalized spacial score (nSPS) is 19.4. The van der Waals surface area contributed by atoms with Gasteiger partial charge in [0.2, 0.25) is 0 Å². The van der Waals surface area contributed by atoms with Crippen molar-refractivity contribution in [3.8, 4) is 0 Å². The van der Waals surface area contributed by atoms with Gasteiger partial charge >= 0.3 is 0 Å². The molecule has 0 saturated carbocycles. The van der Waals surface area contributed by atoms with E-state index in [4.69, 9.17) is 0 Å². The molecular formula is C13H21N3S. The Balaban J connectivity index is 2.06. The Morgan fingerprint density at radius 3 is 2.88 bits per heavy atom. The molecule has 0 bridgehead atoms. The number of nitrogens with zero attached hydrogens (tertiary/aromatic N) is 2. The summed E-state index contributed by atoms with van der Waals surface area (Å²) in [6, 6.07) is 4.30. The lowest BCUT2D eigenvalue weighted by molar-refractivity contribution is 0.642. The smallest absolute Gasteiger partial charge is 0.128 e. The summed E-state index contributed by atoms with van der Waals surface area (Å²) in [6.07, 6.45) is 1.97. The molecule has 1 aromatic rings. The highest BCUT2D eigenvalue weighted by molar-refractivity contribution is 8.00. The number of anilines is 1. The van der Waals surface area contributed by atoms with E-state index in [-0.39, 0.29) is 0 Å². The summed E-state index contributed by atoms with van der Waals surface area (Å²) in [5.74, 6) is 2.30. The molecule has 1 aliphatic heterocycles. The Bertz CT molecular complexity index is 361. The van der Waals surface area contributed by atoms with Crippen molar-refractivity contribution in [1.82, 2.24) is 10.3 Å². The van der Waals surface area contributed by atoms with E-state index in [0.717, 1.165) is 25.5 Å². The van der Waals surface area contributed by atoms with Crippen molar-refractivity contribution in [3.05, 3.63) is 23.9 Å². The number of nitrogens with one attached hydrogen (secondary N) is 1. The SMILES string of the molecule is CNCc1ccc(N2CCSC(C)(C)C2)nc1. The van der Waals surface area contributed by atoms with Crippen LogP contribution in [0.5, 0.6) is 0 Å². The maximum Gasteiger partial charge on any atom is 0.128 e. The second-order valence-corrected chi connectivity index (χ2v) is 6.89. The van der Waals surface area contributed by atoms with Gasteiger partial charge in [0, 0.05) is 36.3 Å². The molecule has 0 aliphatic carbocycles. The van der Waals surface area contributed by atoms with Gasteiger partial charge in [-0.15, -0.1) is 0 Å². The monoisotopic (exact) mass is 251 g/mol. The number of hydrogen-bond acceptors (Lipinski definition) is 4. The number of thioether (sulfide) groups is 1. The molecule has 0 atom stereocenters. The van der Waals surface area contributed by atoms with Crippen LogP contribution in [-0.4, -0.2) is 35.6 Å². The molecule has 0 aromatic carbocycles. The molecule has 1 N–H and O–H groups in total. The second kappa shape index (κ2) is 5.27. The fraction of sp³-hybridized carbons (Fsp3) is 0.615. The Labute approximate surface area is 108 Å². The Hall–Kier alpha value is -0.740. The van der Waals surface area contributed by atoms with E-state index in [2.05, 4.69) is 52.9 Å². The van der Waals surface area contributed by atoms with Crippen LogP contribution in [0.4, 0.5) is 5.82 Å². The van der Waals surface area contributed by atoms with Gasteiger partial charge in [0.1, 0.15) is 5.82 Å². The van der Waals surface area contributed by atoms with E-state index in [1.165, 1.54) is 11.3 Å². The van der Waals surface area contributed by atoms with E-state index >= 15 is 0 Å². The zero-order chi connectivity index (χ0) is 12.3. The summed E-state index contributed by atoms with van der Waals surface area (Å²) in [5.41, 5.74) is 1.24. The molecule has 0 spiro atoms. The first-order valence-electron chi connectivity index (χ1n) is 6.09. The fourth-order valence-electron chi connectivity index (χ4n) is 2.12. The van der Waals surface area contributed by atoms with Gasteiger partial charge in [0.25, 0.3) is 0 Å². The minimum atomic E-state index is 0.337. The topological polar surface area (TPSA) is 28.2 Å². The summed E-state index contributed by atoms with van der Waals surface area (Å²) in [7, 11) is 1.96. The summed E-state index contributed by atoms with van der Waals surface area (Å²) >= 11 is 2.05. The summed E-state index contributed by atoms with van der Waals surface area (Å²) in [6.45, 7) is 7.68. The van der Waals surface area contributed by atoms with E-state index in [0.29, 0.717) is 4.75 Å². The van der Waals surface area contributed by atoms with Gasteiger partial charge in [-0.05, 0) is 32.5 Å². The first-order chi connectivity index (χ1) is 8.11. The molecule has 1 aliphatic rings. The summed E-state index contributed by atoms with van der Waals surface area (Å²) in [4.78, 5) is 6.95. The lowest BCUT2D eigenvalue weighted by Crippen LogP contribution is -2.43. The highest BCUT2D eigenvalue weighted by Gasteiger charge is 2.27. The van der Waals surface area contributed by atoms with Crippen LogP contribution < -0.4 is 10.2 Å². The quantitative estimate of drug-likeness (QED) is 0.891. The zero-order valence-electron chi connectivity index (χ0n) is 10.9. The zero-order valence-corrected chi connectivity index (χ0v) is 11.7. The van der Waals surface area contributed by atoms with Gasteiger partial charge in [-0.1, -0.05) is 6.07 Å². The molecule has 3 nitrogen and oxygen atoms in total. The van der Waals surface area contributed by atoms with Gasteiger partial charge in [0.05, 0.1) is 0 Å². The molecule has 0 amide bonds. The number of aromatic nitrogens is 1. The third-order valence-electron chi connectivity index (χ3n) is 2.94. The molecule has 1 aromatic heterocycles. The highest BCUT2D eigenvalue weighted by Crippen LogP contribution is 2.31. The molecule has 0 radical (unpaired) electrons. The molecule has 1 saturated heterocycles. The first kappa shape index (κ1) is 12.7. The van der Waals surface area contributed by atoms with Gasteiger partial charge < -0.3 is 10.2 Å². The van der Waals surface area contributed by atoms with Crippen molar-refractivity contribution in [1.29, 1.82) is 0 Å². The van der Waals surface area contributed by atoms with Gasteiger partial charge in [-0.2, -0.15) is 11.8 Å². The van der Waals surface area contributed by atoms with Crippen LogP contribution in [0.1, 0.15) is 19.4 Å². The van der Waals surface area contributed by atoms with Crippen LogP contribution in [0.3, 0.4) is 0 Å². The molecule has 2 heterocycles. The van der Waals surface area contributed by atoms with Crippen LogP contribution in [0, 0.1) is 0 Å². The average Bonchev–Trinajstić information content (AvgIpc) is 2.29. The lowest BCUT2D eigenvalue weighted by atomic mass is 10.2. The minimum Gasteiger partial charge on any atom is -0.354 e.